The van der Waals surface area contributed by atoms with Gasteiger partial charge in [0.1, 0.15) is 0 Å². The SMILES string of the molecule is Fc1ccc([C@H]2COCN2)cc1F. The van der Waals surface area contributed by atoms with E-state index >= 15 is 0 Å². The molecule has 1 fully saturated rings. The van der Waals surface area contributed by atoms with Crippen LogP contribution in [0.2, 0.25) is 0 Å². The van der Waals surface area contributed by atoms with Gasteiger partial charge in [0.25, 0.3) is 0 Å². The smallest absolute Gasteiger partial charge is 0.159 e. The van der Waals surface area contributed by atoms with Gasteiger partial charge in [-0.25, -0.2) is 8.78 Å². The highest BCUT2D eigenvalue weighted by Crippen LogP contribution is 2.18. The van der Waals surface area contributed by atoms with E-state index in [-0.39, 0.29) is 6.04 Å². The number of hydrogen-bond donors (Lipinski definition) is 1. The first-order valence-corrected chi connectivity index (χ1v) is 4.03. The second-order valence-corrected chi connectivity index (χ2v) is 2.95. The van der Waals surface area contributed by atoms with E-state index in [1.807, 2.05) is 0 Å². The van der Waals surface area contributed by atoms with Gasteiger partial charge in [-0.3, -0.25) is 5.32 Å². The van der Waals surface area contributed by atoms with E-state index in [4.69, 9.17) is 4.74 Å². The van der Waals surface area contributed by atoms with Gasteiger partial charge in [-0.05, 0) is 17.7 Å². The van der Waals surface area contributed by atoms with Crippen LogP contribution in [0.25, 0.3) is 0 Å². The predicted molar refractivity (Wildman–Crippen MR) is 43.1 cm³/mol. The zero-order valence-corrected chi connectivity index (χ0v) is 6.89. The Morgan fingerprint density at radius 2 is 2.15 bits per heavy atom. The van der Waals surface area contributed by atoms with E-state index < -0.39 is 11.6 Å². The Hall–Kier alpha value is -1.00. The molecule has 0 amide bonds. The summed E-state index contributed by atoms with van der Waals surface area (Å²) in [5.74, 6) is -1.63. The third kappa shape index (κ3) is 1.68. The highest BCUT2D eigenvalue weighted by atomic mass is 19.2. The fourth-order valence-electron chi connectivity index (χ4n) is 1.34. The fourth-order valence-corrected chi connectivity index (χ4v) is 1.34. The highest BCUT2D eigenvalue weighted by molar-refractivity contribution is 5.21. The Morgan fingerprint density at radius 1 is 1.31 bits per heavy atom. The normalized spacial score (nSPS) is 22.2. The van der Waals surface area contributed by atoms with E-state index in [1.165, 1.54) is 6.07 Å². The molecule has 1 aromatic carbocycles. The van der Waals surface area contributed by atoms with Gasteiger partial charge < -0.3 is 4.74 Å². The molecule has 0 bridgehead atoms. The van der Waals surface area contributed by atoms with Crippen molar-refractivity contribution in [2.24, 2.45) is 0 Å². The first kappa shape index (κ1) is 8.59. The lowest BCUT2D eigenvalue weighted by molar-refractivity contribution is 0.189. The Balaban J connectivity index is 2.25. The van der Waals surface area contributed by atoms with Crippen molar-refractivity contribution in [2.75, 3.05) is 13.3 Å². The second-order valence-electron chi connectivity index (χ2n) is 2.95. The quantitative estimate of drug-likeness (QED) is 0.717. The minimum absolute atomic E-state index is 0.0184. The number of nitrogens with one attached hydrogen (secondary N) is 1. The van der Waals surface area contributed by atoms with E-state index in [2.05, 4.69) is 5.32 Å². The Morgan fingerprint density at radius 3 is 2.77 bits per heavy atom. The molecule has 2 nitrogen and oxygen atoms in total. The van der Waals surface area contributed by atoms with Crippen LogP contribution in [0.4, 0.5) is 8.78 Å². The molecule has 0 saturated carbocycles. The molecule has 1 N–H and O–H groups in total. The molecule has 1 atom stereocenters. The second kappa shape index (κ2) is 3.40. The lowest BCUT2D eigenvalue weighted by Crippen LogP contribution is -2.14. The van der Waals surface area contributed by atoms with Crippen molar-refractivity contribution >= 4 is 0 Å². The molecule has 0 aliphatic carbocycles. The molecule has 70 valence electrons. The van der Waals surface area contributed by atoms with Crippen molar-refractivity contribution in [3.05, 3.63) is 35.4 Å². The van der Waals surface area contributed by atoms with Crippen molar-refractivity contribution in [3.63, 3.8) is 0 Å². The first-order valence-electron chi connectivity index (χ1n) is 4.03. The molecule has 0 spiro atoms. The largest absolute Gasteiger partial charge is 0.364 e. The summed E-state index contributed by atoms with van der Waals surface area (Å²) in [5, 5.41) is 3.01. The van der Waals surface area contributed by atoms with Gasteiger partial charge in [-0.15, -0.1) is 0 Å². The standard InChI is InChI=1S/C9H9F2NO/c10-7-2-1-6(3-8(7)11)9-4-13-5-12-9/h1-3,9,12H,4-5H2/t9-/m1/s1. The molecule has 13 heavy (non-hydrogen) atoms. The maximum Gasteiger partial charge on any atom is 0.159 e. The van der Waals surface area contributed by atoms with Gasteiger partial charge in [0, 0.05) is 0 Å². The van der Waals surface area contributed by atoms with Gasteiger partial charge in [0.15, 0.2) is 11.6 Å². The zero-order valence-electron chi connectivity index (χ0n) is 6.89. The summed E-state index contributed by atoms with van der Waals surface area (Å²) < 4.78 is 30.4. The van der Waals surface area contributed by atoms with Crippen LogP contribution in [-0.4, -0.2) is 13.3 Å². The Bertz CT molecular complexity index is 310. The van der Waals surface area contributed by atoms with Gasteiger partial charge in [-0.2, -0.15) is 0 Å². The molecule has 1 aliphatic rings. The number of benzene rings is 1. The fraction of sp³-hybridized carbons (Fsp3) is 0.333. The molecular weight excluding hydrogens is 176 g/mol. The van der Waals surface area contributed by atoms with Crippen LogP contribution in [-0.2, 0) is 4.74 Å². The lowest BCUT2D eigenvalue weighted by Gasteiger charge is -2.08. The molecule has 1 aliphatic heterocycles. The molecule has 1 aromatic rings. The summed E-state index contributed by atoms with van der Waals surface area (Å²) in [6.07, 6.45) is 0. The van der Waals surface area contributed by atoms with E-state index in [0.29, 0.717) is 13.3 Å². The average molecular weight is 185 g/mol. The molecule has 1 heterocycles. The maximum absolute atomic E-state index is 12.8. The Kier molecular flexibility index (Phi) is 2.24. The van der Waals surface area contributed by atoms with Crippen molar-refractivity contribution in [2.45, 2.75) is 6.04 Å². The minimum Gasteiger partial charge on any atom is -0.364 e. The summed E-state index contributed by atoms with van der Waals surface area (Å²) >= 11 is 0. The Labute approximate surface area is 74.5 Å². The van der Waals surface area contributed by atoms with Gasteiger partial charge in [-0.1, -0.05) is 6.07 Å². The van der Waals surface area contributed by atoms with Crippen LogP contribution in [0.5, 0.6) is 0 Å². The molecular formula is C9H9F2NO. The van der Waals surface area contributed by atoms with Gasteiger partial charge >= 0.3 is 0 Å². The average Bonchev–Trinajstić information content (AvgIpc) is 2.62. The predicted octanol–water partition coefficient (Wildman–Crippen LogP) is 1.58. The summed E-state index contributed by atoms with van der Waals surface area (Å²) in [5.41, 5.74) is 0.719. The van der Waals surface area contributed by atoms with Gasteiger partial charge in [0.2, 0.25) is 0 Å². The van der Waals surface area contributed by atoms with E-state index in [0.717, 1.165) is 11.6 Å². The molecule has 2 rings (SSSR count). The molecule has 0 unspecified atom stereocenters. The van der Waals surface area contributed by atoms with Gasteiger partial charge in [0.05, 0.1) is 19.4 Å². The highest BCUT2D eigenvalue weighted by Gasteiger charge is 2.17. The number of hydrogen-bond acceptors (Lipinski definition) is 2. The van der Waals surface area contributed by atoms with Crippen LogP contribution < -0.4 is 5.32 Å². The summed E-state index contributed by atoms with van der Waals surface area (Å²) in [6, 6.07) is 3.87. The minimum atomic E-state index is -0.817. The van der Waals surface area contributed by atoms with Crippen molar-refractivity contribution in [1.82, 2.24) is 5.32 Å². The van der Waals surface area contributed by atoms with E-state index in [9.17, 15) is 8.78 Å². The molecule has 1 saturated heterocycles. The van der Waals surface area contributed by atoms with Crippen molar-refractivity contribution in [3.8, 4) is 0 Å². The maximum atomic E-state index is 12.8. The number of ether oxygens (including phenoxy) is 1. The van der Waals surface area contributed by atoms with Crippen LogP contribution in [0.3, 0.4) is 0 Å². The summed E-state index contributed by atoms with van der Waals surface area (Å²) in [7, 11) is 0. The third-order valence-electron chi connectivity index (χ3n) is 2.06. The number of rotatable bonds is 1. The topological polar surface area (TPSA) is 21.3 Å². The number of halogens is 2. The van der Waals surface area contributed by atoms with Crippen LogP contribution >= 0.6 is 0 Å². The monoisotopic (exact) mass is 185 g/mol. The third-order valence-corrected chi connectivity index (χ3v) is 2.06. The van der Waals surface area contributed by atoms with E-state index in [1.54, 1.807) is 6.07 Å². The molecule has 0 aromatic heterocycles. The molecule has 0 radical (unpaired) electrons. The lowest BCUT2D eigenvalue weighted by atomic mass is 10.1. The first-order chi connectivity index (χ1) is 6.27. The van der Waals surface area contributed by atoms with Crippen LogP contribution in [0.15, 0.2) is 18.2 Å². The summed E-state index contributed by atoms with van der Waals surface area (Å²) in [4.78, 5) is 0. The molecule has 4 heteroatoms. The van der Waals surface area contributed by atoms with Crippen molar-refractivity contribution in [1.29, 1.82) is 0 Å². The summed E-state index contributed by atoms with van der Waals surface area (Å²) in [6.45, 7) is 0.967. The van der Waals surface area contributed by atoms with Crippen LogP contribution in [0, 0.1) is 11.6 Å². The van der Waals surface area contributed by atoms with Crippen molar-refractivity contribution < 1.29 is 13.5 Å². The zero-order chi connectivity index (χ0) is 9.26. The van der Waals surface area contributed by atoms with Crippen LogP contribution in [0.1, 0.15) is 11.6 Å².